The molecule has 11 heteroatoms. The van der Waals surface area contributed by atoms with E-state index >= 15 is 8.78 Å². The number of rotatable bonds is 9. The molecule has 0 saturated carbocycles. The van der Waals surface area contributed by atoms with E-state index in [1.165, 1.54) is 6.07 Å². The highest BCUT2D eigenvalue weighted by molar-refractivity contribution is 6.02. The predicted molar refractivity (Wildman–Crippen MR) is 211 cm³/mol. The summed E-state index contributed by atoms with van der Waals surface area (Å²) in [6.07, 6.45) is 1.54. The number of aromatic nitrogens is 2. The summed E-state index contributed by atoms with van der Waals surface area (Å²) in [5.74, 6) is -0.644. The summed E-state index contributed by atoms with van der Waals surface area (Å²) < 4.78 is 36.7. The predicted octanol–water partition coefficient (Wildman–Crippen LogP) is 9.70. The number of benzene rings is 3. The van der Waals surface area contributed by atoms with Gasteiger partial charge in [-0.3, -0.25) is 0 Å². The molecule has 2 N–H and O–H groups in total. The average Bonchev–Trinajstić information content (AvgIpc) is 3.13. The topological polar surface area (TPSA) is 85.9 Å². The van der Waals surface area contributed by atoms with E-state index < -0.39 is 23.4 Å². The number of carbonyl (C=O) groups is 1. The van der Waals surface area contributed by atoms with Crippen molar-refractivity contribution in [2.75, 3.05) is 35.3 Å². The second-order valence-electron chi connectivity index (χ2n) is 14.2. The first kappa shape index (κ1) is 38.8. The summed E-state index contributed by atoms with van der Waals surface area (Å²) >= 11 is 0. The summed E-state index contributed by atoms with van der Waals surface area (Å²) in [4.78, 5) is 28.6. The van der Waals surface area contributed by atoms with Gasteiger partial charge in [0.1, 0.15) is 22.9 Å². The van der Waals surface area contributed by atoms with Crippen molar-refractivity contribution in [2.24, 2.45) is 0 Å². The van der Waals surface area contributed by atoms with Gasteiger partial charge in [-0.2, -0.15) is 4.98 Å². The third-order valence-corrected chi connectivity index (χ3v) is 9.27. The first-order chi connectivity index (χ1) is 25.2. The lowest BCUT2D eigenvalue weighted by Gasteiger charge is -2.40. The molecule has 3 aromatic carbocycles. The minimum absolute atomic E-state index is 0.0747. The van der Waals surface area contributed by atoms with Crippen molar-refractivity contribution in [2.45, 2.75) is 79.5 Å². The van der Waals surface area contributed by atoms with Gasteiger partial charge in [-0.05, 0) is 95.5 Å². The van der Waals surface area contributed by atoms with Gasteiger partial charge in [-0.25, -0.2) is 23.5 Å². The lowest BCUT2D eigenvalue weighted by Crippen LogP contribution is -2.45. The van der Waals surface area contributed by atoms with Crippen LogP contribution in [0.1, 0.15) is 69.7 Å². The molecule has 0 unspecified atom stereocenters. The fourth-order valence-corrected chi connectivity index (χ4v) is 6.45. The van der Waals surface area contributed by atoms with E-state index in [0.717, 1.165) is 57.8 Å². The molecule has 0 aliphatic carbocycles. The number of hydrogen-bond donors (Lipinski definition) is 2. The van der Waals surface area contributed by atoms with Crippen molar-refractivity contribution in [3.8, 4) is 11.3 Å². The number of amides is 2. The van der Waals surface area contributed by atoms with Crippen LogP contribution >= 0.6 is 0 Å². The highest BCUT2D eigenvalue weighted by Gasteiger charge is 2.36. The average molecular weight is 724 g/mol. The van der Waals surface area contributed by atoms with Crippen molar-refractivity contribution in [3.63, 3.8) is 0 Å². The van der Waals surface area contributed by atoms with Gasteiger partial charge in [0.15, 0.2) is 11.7 Å². The van der Waals surface area contributed by atoms with Crippen LogP contribution in [0.15, 0.2) is 79.7 Å². The molecule has 0 radical (unpaired) electrons. The number of halogens is 2. The molecular formula is C42H51F2N7O2. The molecule has 0 atom stereocenters. The third-order valence-electron chi connectivity index (χ3n) is 9.27. The lowest BCUT2D eigenvalue weighted by atomic mass is 9.97. The van der Waals surface area contributed by atoms with E-state index in [4.69, 9.17) is 14.7 Å². The Labute approximate surface area is 312 Å². The van der Waals surface area contributed by atoms with Crippen molar-refractivity contribution in [3.05, 3.63) is 114 Å². The number of ether oxygens (including phenoxy) is 1. The Kier molecular flexibility index (Phi) is 11.7. The van der Waals surface area contributed by atoms with Crippen LogP contribution in [0.3, 0.4) is 0 Å². The highest BCUT2D eigenvalue weighted by atomic mass is 19.1. The van der Waals surface area contributed by atoms with E-state index in [9.17, 15) is 4.79 Å². The Balaban J connectivity index is 0.00000266. The molecule has 4 aromatic rings. The summed E-state index contributed by atoms with van der Waals surface area (Å²) in [7, 11) is 1.98. The number of fused-ring (bicyclic) bond motifs is 1. The summed E-state index contributed by atoms with van der Waals surface area (Å²) in [5, 5.41) is 6.18. The second kappa shape index (κ2) is 16.1. The molecule has 3 heterocycles. The minimum atomic E-state index is -0.877. The Hall–Kier alpha value is -5.45. The van der Waals surface area contributed by atoms with Crippen molar-refractivity contribution >= 4 is 34.9 Å². The van der Waals surface area contributed by atoms with E-state index in [-0.39, 0.29) is 24.0 Å². The quantitative estimate of drug-likeness (QED) is 0.166. The van der Waals surface area contributed by atoms with Gasteiger partial charge in [-0.1, -0.05) is 56.3 Å². The van der Waals surface area contributed by atoms with Gasteiger partial charge in [0.2, 0.25) is 5.95 Å². The summed E-state index contributed by atoms with van der Waals surface area (Å²) in [6, 6.07) is 17.0. The molecule has 280 valence electrons. The number of para-hydroxylation sites is 1. The van der Waals surface area contributed by atoms with Crippen molar-refractivity contribution < 1.29 is 18.3 Å². The standard InChI is InChI=1S/C40H45F2N7O2.C2H6/c1-24-12-16-29(17-13-24)44-26(3)28-15-14-25(2)31(22-28)35-32-23-43-39(50)49(36-33(41)10-9-11-34(36)42)37(32)46-38(45-35)48-20-18-30(19-21-48)47(8)27(4)51-40(5,6)7;1-2/h9-17,22,30,44H,3-4,18-21,23H2,1-2,5-8H3,(H,43,50);1-2H3. The molecule has 53 heavy (non-hydrogen) atoms. The monoisotopic (exact) mass is 723 g/mol. The fraction of sp³-hybridized carbons (Fsp3) is 0.357. The molecule has 2 amide bonds. The fourth-order valence-electron chi connectivity index (χ4n) is 6.45. The van der Waals surface area contributed by atoms with Crippen LogP contribution < -0.4 is 20.4 Å². The Bertz CT molecular complexity index is 1960. The van der Waals surface area contributed by atoms with Gasteiger partial charge in [0.25, 0.3) is 0 Å². The Morgan fingerprint density at radius 1 is 0.981 bits per heavy atom. The molecule has 6 rings (SSSR count). The van der Waals surface area contributed by atoms with Gasteiger partial charge >= 0.3 is 6.03 Å². The summed E-state index contributed by atoms with van der Waals surface area (Å²) in [5.41, 5.74) is 5.54. The molecule has 1 saturated heterocycles. The van der Waals surface area contributed by atoms with E-state index in [2.05, 4.69) is 33.6 Å². The largest absolute Gasteiger partial charge is 0.474 e. The maximum absolute atomic E-state index is 15.3. The number of nitrogens with one attached hydrogen (secondary N) is 2. The smallest absolute Gasteiger partial charge is 0.328 e. The second-order valence-corrected chi connectivity index (χ2v) is 14.2. The Morgan fingerprint density at radius 2 is 1.62 bits per heavy atom. The molecule has 0 bridgehead atoms. The van der Waals surface area contributed by atoms with Crippen LogP contribution in [0.2, 0.25) is 0 Å². The third kappa shape index (κ3) is 8.62. The molecule has 2 aliphatic heterocycles. The van der Waals surface area contributed by atoms with Crippen LogP contribution in [0.5, 0.6) is 0 Å². The molecule has 1 aromatic heterocycles. The van der Waals surface area contributed by atoms with Crippen LogP contribution in [0, 0.1) is 25.5 Å². The molecule has 1 fully saturated rings. The van der Waals surface area contributed by atoms with Crippen molar-refractivity contribution in [1.82, 2.24) is 20.2 Å². The SMILES string of the molecule is C=C(Nc1ccc(C)cc1)c1ccc(C)c(-c2nc(N3CCC(N(C)C(=C)OC(C)(C)C)CC3)nc3c2CNC(=O)N3c2c(F)cccc2F)c1.CC. The van der Waals surface area contributed by atoms with Gasteiger partial charge in [0, 0.05) is 48.7 Å². The van der Waals surface area contributed by atoms with Crippen molar-refractivity contribution in [1.29, 1.82) is 0 Å². The Morgan fingerprint density at radius 3 is 2.25 bits per heavy atom. The first-order valence-corrected chi connectivity index (χ1v) is 18.1. The van der Waals surface area contributed by atoms with Crippen LogP contribution in [0.4, 0.5) is 36.7 Å². The normalized spacial score (nSPS) is 14.4. The maximum Gasteiger partial charge on any atom is 0.328 e. The van der Waals surface area contributed by atoms with E-state index in [1.54, 1.807) is 0 Å². The first-order valence-electron chi connectivity index (χ1n) is 18.1. The zero-order chi connectivity index (χ0) is 38.6. The highest BCUT2D eigenvalue weighted by Crippen LogP contribution is 2.40. The number of hydrogen-bond acceptors (Lipinski definition) is 7. The number of carbonyl (C=O) groups excluding carboxylic acids is 1. The zero-order valence-electron chi connectivity index (χ0n) is 32.1. The zero-order valence-corrected chi connectivity index (χ0v) is 32.1. The number of anilines is 4. The molecule has 2 aliphatic rings. The number of piperidine rings is 1. The number of nitrogens with zero attached hydrogens (tertiary/aromatic N) is 5. The number of aryl methyl sites for hydroxylation is 2. The van der Waals surface area contributed by atoms with Gasteiger partial charge in [0.05, 0.1) is 12.2 Å². The van der Waals surface area contributed by atoms with Crippen LogP contribution in [0.25, 0.3) is 17.0 Å². The van der Waals surface area contributed by atoms with Crippen LogP contribution in [-0.4, -0.2) is 52.7 Å². The van der Waals surface area contributed by atoms with E-state index in [1.807, 2.05) is 98.0 Å². The molecule has 9 nitrogen and oxygen atoms in total. The van der Waals surface area contributed by atoms with Gasteiger partial charge < -0.3 is 25.2 Å². The maximum atomic E-state index is 15.3. The van der Waals surface area contributed by atoms with E-state index in [0.29, 0.717) is 41.9 Å². The molecule has 0 spiro atoms. The summed E-state index contributed by atoms with van der Waals surface area (Å²) in [6.45, 7) is 23.7. The minimum Gasteiger partial charge on any atom is -0.474 e. The van der Waals surface area contributed by atoms with Crippen LogP contribution in [-0.2, 0) is 11.3 Å². The van der Waals surface area contributed by atoms with Gasteiger partial charge in [-0.15, -0.1) is 0 Å². The molecular weight excluding hydrogens is 673 g/mol. The lowest BCUT2D eigenvalue weighted by molar-refractivity contribution is -0.00347. The number of urea groups is 1.